The molecule has 0 aliphatic carbocycles. The monoisotopic (exact) mass is 282 g/mol. The third-order valence-corrected chi connectivity index (χ3v) is 3.82. The van der Waals surface area contributed by atoms with Crippen molar-refractivity contribution in [1.29, 1.82) is 0 Å². The molecule has 0 atom stereocenters. The predicted molar refractivity (Wildman–Crippen MR) is 84.4 cm³/mol. The summed E-state index contributed by atoms with van der Waals surface area (Å²) in [5, 5.41) is 2.94. The molecule has 108 valence electrons. The first kappa shape index (κ1) is 13.5. The number of amides is 1. The minimum atomic E-state index is -0.154. The van der Waals surface area contributed by atoms with Gasteiger partial charge < -0.3 is 15.0 Å². The van der Waals surface area contributed by atoms with E-state index in [4.69, 9.17) is 4.74 Å². The molecular formula is C17H18N2O2. The molecule has 0 aromatic heterocycles. The molecular weight excluding hydrogens is 264 g/mol. The van der Waals surface area contributed by atoms with Crippen molar-refractivity contribution < 1.29 is 9.53 Å². The summed E-state index contributed by atoms with van der Waals surface area (Å²) in [5.74, 6) is 0.426. The van der Waals surface area contributed by atoms with Crippen LogP contribution in [-0.4, -0.2) is 26.6 Å². The van der Waals surface area contributed by atoms with Gasteiger partial charge in [0.1, 0.15) is 5.75 Å². The fourth-order valence-corrected chi connectivity index (χ4v) is 2.68. The zero-order chi connectivity index (χ0) is 14.8. The molecule has 0 saturated carbocycles. The van der Waals surface area contributed by atoms with Gasteiger partial charge in [-0.05, 0) is 42.3 Å². The van der Waals surface area contributed by atoms with Gasteiger partial charge >= 0.3 is 0 Å². The Bertz CT molecular complexity index is 682. The predicted octanol–water partition coefficient (Wildman–Crippen LogP) is 2.94. The molecule has 0 saturated heterocycles. The Morgan fingerprint density at radius 2 is 2.05 bits per heavy atom. The lowest BCUT2D eigenvalue weighted by molar-refractivity contribution is 0.102. The summed E-state index contributed by atoms with van der Waals surface area (Å²) >= 11 is 0. The molecule has 0 spiro atoms. The smallest absolute Gasteiger partial charge is 0.259 e. The number of nitrogens with one attached hydrogen (secondary N) is 1. The quantitative estimate of drug-likeness (QED) is 0.941. The number of likely N-dealkylation sites (N-methyl/N-ethyl adjacent to an activating group) is 1. The van der Waals surface area contributed by atoms with Crippen LogP contribution >= 0.6 is 0 Å². The number of carbonyl (C=O) groups is 1. The van der Waals surface area contributed by atoms with Crippen LogP contribution in [-0.2, 0) is 6.42 Å². The van der Waals surface area contributed by atoms with Crippen molar-refractivity contribution in [3.8, 4) is 5.75 Å². The van der Waals surface area contributed by atoms with E-state index in [9.17, 15) is 4.79 Å². The van der Waals surface area contributed by atoms with Crippen LogP contribution in [0.1, 0.15) is 15.9 Å². The SMILES string of the molecule is COc1ccccc1C(=O)Nc1ccc2c(c1)CCN2C. The Hall–Kier alpha value is -2.49. The zero-order valence-electron chi connectivity index (χ0n) is 12.2. The molecule has 0 fully saturated rings. The number of para-hydroxylation sites is 1. The number of benzene rings is 2. The highest BCUT2D eigenvalue weighted by atomic mass is 16.5. The fourth-order valence-electron chi connectivity index (χ4n) is 2.68. The van der Waals surface area contributed by atoms with E-state index in [1.165, 1.54) is 11.3 Å². The first-order valence-electron chi connectivity index (χ1n) is 6.97. The Morgan fingerprint density at radius 3 is 2.86 bits per heavy atom. The van der Waals surface area contributed by atoms with E-state index in [2.05, 4.69) is 23.3 Å². The summed E-state index contributed by atoms with van der Waals surface area (Å²) in [6.45, 7) is 1.03. The molecule has 0 bridgehead atoms. The number of rotatable bonds is 3. The second-order valence-electron chi connectivity index (χ2n) is 5.17. The maximum absolute atomic E-state index is 12.4. The van der Waals surface area contributed by atoms with Crippen LogP contribution in [0.4, 0.5) is 11.4 Å². The Labute approximate surface area is 124 Å². The standard InChI is InChI=1S/C17H18N2O2/c1-19-10-9-12-11-13(7-8-15(12)19)18-17(20)14-5-3-4-6-16(14)21-2/h3-8,11H,9-10H2,1-2H3,(H,18,20). The van der Waals surface area contributed by atoms with Crippen molar-refractivity contribution >= 4 is 17.3 Å². The average Bonchev–Trinajstić information content (AvgIpc) is 2.88. The van der Waals surface area contributed by atoms with Crippen LogP contribution in [0.3, 0.4) is 0 Å². The minimum absolute atomic E-state index is 0.154. The summed E-state index contributed by atoms with van der Waals surface area (Å²) in [6.07, 6.45) is 1.02. The molecule has 1 heterocycles. The van der Waals surface area contributed by atoms with E-state index >= 15 is 0 Å². The number of fused-ring (bicyclic) bond motifs is 1. The molecule has 2 aromatic rings. The normalized spacial score (nSPS) is 13.0. The van der Waals surface area contributed by atoms with E-state index in [0.29, 0.717) is 11.3 Å². The van der Waals surface area contributed by atoms with Gasteiger partial charge in [-0.3, -0.25) is 4.79 Å². The van der Waals surface area contributed by atoms with Gasteiger partial charge in [0.25, 0.3) is 5.91 Å². The van der Waals surface area contributed by atoms with Gasteiger partial charge in [0.15, 0.2) is 0 Å². The highest BCUT2D eigenvalue weighted by Crippen LogP contribution is 2.29. The lowest BCUT2D eigenvalue weighted by Gasteiger charge is -2.13. The largest absolute Gasteiger partial charge is 0.496 e. The minimum Gasteiger partial charge on any atom is -0.496 e. The molecule has 1 N–H and O–H groups in total. The van der Waals surface area contributed by atoms with Crippen LogP contribution in [0.25, 0.3) is 0 Å². The molecule has 21 heavy (non-hydrogen) atoms. The first-order chi connectivity index (χ1) is 10.2. The van der Waals surface area contributed by atoms with Crippen LogP contribution in [0, 0.1) is 0 Å². The molecule has 4 heteroatoms. The number of hydrogen-bond donors (Lipinski definition) is 1. The number of ether oxygens (including phenoxy) is 1. The molecule has 1 aliphatic rings. The lowest BCUT2D eigenvalue weighted by Crippen LogP contribution is -2.13. The Kier molecular flexibility index (Phi) is 3.52. The van der Waals surface area contributed by atoms with Crippen LogP contribution in [0.5, 0.6) is 5.75 Å². The van der Waals surface area contributed by atoms with Gasteiger partial charge in [-0.15, -0.1) is 0 Å². The molecule has 1 amide bonds. The highest BCUT2D eigenvalue weighted by Gasteiger charge is 2.17. The summed E-state index contributed by atoms with van der Waals surface area (Å²) in [7, 11) is 3.65. The van der Waals surface area contributed by atoms with E-state index in [1.54, 1.807) is 19.2 Å². The van der Waals surface area contributed by atoms with E-state index in [1.807, 2.05) is 24.3 Å². The van der Waals surface area contributed by atoms with Gasteiger partial charge in [-0.2, -0.15) is 0 Å². The van der Waals surface area contributed by atoms with Crippen molar-refractivity contribution in [3.05, 3.63) is 53.6 Å². The fraction of sp³-hybridized carbons (Fsp3) is 0.235. The second kappa shape index (κ2) is 5.48. The van der Waals surface area contributed by atoms with Crippen LogP contribution < -0.4 is 15.0 Å². The van der Waals surface area contributed by atoms with Gasteiger partial charge in [-0.25, -0.2) is 0 Å². The third kappa shape index (κ3) is 2.57. The molecule has 0 unspecified atom stereocenters. The van der Waals surface area contributed by atoms with Crippen molar-refractivity contribution in [2.24, 2.45) is 0 Å². The van der Waals surface area contributed by atoms with Crippen molar-refractivity contribution in [1.82, 2.24) is 0 Å². The number of hydrogen-bond acceptors (Lipinski definition) is 3. The summed E-state index contributed by atoms with van der Waals surface area (Å²) in [6, 6.07) is 13.3. The van der Waals surface area contributed by atoms with Gasteiger partial charge in [0.05, 0.1) is 12.7 Å². The third-order valence-electron chi connectivity index (χ3n) is 3.82. The zero-order valence-corrected chi connectivity index (χ0v) is 12.2. The van der Waals surface area contributed by atoms with Gasteiger partial charge in [0, 0.05) is 25.0 Å². The summed E-state index contributed by atoms with van der Waals surface area (Å²) in [4.78, 5) is 14.6. The number of nitrogens with zero attached hydrogens (tertiary/aromatic N) is 1. The maximum atomic E-state index is 12.4. The maximum Gasteiger partial charge on any atom is 0.259 e. The number of carbonyl (C=O) groups excluding carboxylic acids is 1. The Balaban J connectivity index is 1.82. The molecule has 4 nitrogen and oxygen atoms in total. The molecule has 0 radical (unpaired) electrons. The van der Waals surface area contributed by atoms with Crippen LogP contribution in [0.2, 0.25) is 0 Å². The van der Waals surface area contributed by atoms with Gasteiger partial charge in [-0.1, -0.05) is 12.1 Å². The van der Waals surface area contributed by atoms with Crippen molar-refractivity contribution in [2.75, 3.05) is 30.9 Å². The van der Waals surface area contributed by atoms with E-state index in [-0.39, 0.29) is 5.91 Å². The first-order valence-corrected chi connectivity index (χ1v) is 6.97. The molecule has 3 rings (SSSR count). The van der Waals surface area contributed by atoms with E-state index < -0.39 is 0 Å². The number of methoxy groups -OCH3 is 1. The Morgan fingerprint density at radius 1 is 1.24 bits per heavy atom. The molecule has 1 aliphatic heterocycles. The average molecular weight is 282 g/mol. The molecule has 2 aromatic carbocycles. The van der Waals surface area contributed by atoms with E-state index in [0.717, 1.165) is 18.7 Å². The summed E-state index contributed by atoms with van der Waals surface area (Å²) in [5.41, 5.74) is 3.87. The second-order valence-corrected chi connectivity index (χ2v) is 5.17. The topological polar surface area (TPSA) is 41.6 Å². The van der Waals surface area contributed by atoms with Crippen LogP contribution in [0.15, 0.2) is 42.5 Å². The van der Waals surface area contributed by atoms with Gasteiger partial charge in [0.2, 0.25) is 0 Å². The van der Waals surface area contributed by atoms with Crippen molar-refractivity contribution in [3.63, 3.8) is 0 Å². The summed E-state index contributed by atoms with van der Waals surface area (Å²) < 4.78 is 5.22. The number of anilines is 2. The highest BCUT2D eigenvalue weighted by molar-refractivity contribution is 6.06. The van der Waals surface area contributed by atoms with Crippen molar-refractivity contribution in [2.45, 2.75) is 6.42 Å². The lowest BCUT2D eigenvalue weighted by atomic mass is 10.1.